The van der Waals surface area contributed by atoms with E-state index in [9.17, 15) is 4.79 Å². The molecule has 0 spiro atoms. The Labute approximate surface area is 142 Å². The number of benzene rings is 1. The summed E-state index contributed by atoms with van der Waals surface area (Å²) in [5.41, 5.74) is 1.91. The minimum atomic E-state index is 0. The van der Waals surface area contributed by atoms with Gasteiger partial charge in [-0.05, 0) is 56.3 Å². The molecule has 2 atom stereocenters. The van der Waals surface area contributed by atoms with Crippen LogP contribution in [0.1, 0.15) is 29.0 Å². The summed E-state index contributed by atoms with van der Waals surface area (Å²) in [5.74, 6) is 1.99. The Bertz CT molecular complexity index is 698. The number of para-hydroxylation sites is 1. The molecular weight excluding hydrogens is 312 g/mol. The second kappa shape index (κ2) is 6.54. The summed E-state index contributed by atoms with van der Waals surface area (Å²) >= 11 is 0. The monoisotopic (exact) mass is 334 g/mol. The van der Waals surface area contributed by atoms with Gasteiger partial charge in [0.15, 0.2) is 5.76 Å². The molecule has 1 aromatic heterocycles. The van der Waals surface area contributed by atoms with E-state index >= 15 is 0 Å². The zero-order chi connectivity index (χ0) is 15.1. The van der Waals surface area contributed by atoms with Crippen LogP contribution in [0.4, 0.5) is 0 Å². The van der Waals surface area contributed by atoms with Gasteiger partial charge in [-0.15, -0.1) is 12.4 Å². The Kier molecular flexibility index (Phi) is 4.64. The summed E-state index contributed by atoms with van der Waals surface area (Å²) < 4.78 is 5.85. The van der Waals surface area contributed by atoms with Gasteiger partial charge in [0.1, 0.15) is 5.58 Å². The van der Waals surface area contributed by atoms with Crippen molar-refractivity contribution in [1.29, 1.82) is 0 Å². The molecule has 4 rings (SSSR count). The number of carbonyl (C=O) groups excluding carboxylic acids is 1. The molecule has 23 heavy (non-hydrogen) atoms. The minimum absolute atomic E-state index is 0. The lowest BCUT2D eigenvalue weighted by atomic mass is 9.92. The Morgan fingerprint density at radius 1 is 1.22 bits per heavy atom. The number of furan rings is 1. The number of nitrogens with one attached hydrogen (secondary N) is 1. The Balaban J connectivity index is 0.00000156. The zero-order valence-electron chi connectivity index (χ0n) is 13.4. The molecule has 0 bridgehead atoms. The van der Waals surface area contributed by atoms with Gasteiger partial charge in [0.05, 0.1) is 0 Å². The van der Waals surface area contributed by atoms with Crippen LogP contribution in [0.15, 0.2) is 28.7 Å². The summed E-state index contributed by atoms with van der Waals surface area (Å²) in [6.45, 7) is 5.92. The summed E-state index contributed by atoms with van der Waals surface area (Å²) in [4.78, 5) is 14.7. The number of halogens is 1. The van der Waals surface area contributed by atoms with Crippen molar-refractivity contribution in [2.24, 2.45) is 11.8 Å². The van der Waals surface area contributed by atoms with Gasteiger partial charge in [-0.3, -0.25) is 4.79 Å². The van der Waals surface area contributed by atoms with Gasteiger partial charge in [0, 0.05) is 18.5 Å². The molecule has 3 heterocycles. The van der Waals surface area contributed by atoms with Crippen LogP contribution in [0.25, 0.3) is 11.0 Å². The molecular formula is C18H23ClN2O2. The first-order valence-corrected chi connectivity index (χ1v) is 8.21. The van der Waals surface area contributed by atoms with Crippen molar-refractivity contribution in [2.45, 2.75) is 19.8 Å². The van der Waals surface area contributed by atoms with Gasteiger partial charge < -0.3 is 14.6 Å². The summed E-state index contributed by atoms with van der Waals surface area (Å²) in [6.07, 6.45) is 2.20. The average Bonchev–Trinajstić information content (AvgIpc) is 3.10. The molecule has 1 amide bonds. The van der Waals surface area contributed by atoms with Crippen LogP contribution in [-0.4, -0.2) is 37.0 Å². The maximum absolute atomic E-state index is 12.8. The SMILES string of the molecule is Cc1cccc2cc(C(=O)N3CC[C@@H]4CNC[C@@H]4CC3)oc12.Cl. The van der Waals surface area contributed by atoms with Crippen molar-refractivity contribution in [3.8, 4) is 0 Å². The van der Waals surface area contributed by atoms with Crippen LogP contribution in [0.5, 0.6) is 0 Å². The van der Waals surface area contributed by atoms with E-state index in [2.05, 4.69) is 5.32 Å². The quantitative estimate of drug-likeness (QED) is 0.870. The molecule has 0 radical (unpaired) electrons. The molecule has 2 aliphatic rings. The second-order valence-electron chi connectivity index (χ2n) is 6.65. The predicted molar refractivity (Wildman–Crippen MR) is 93.2 cm³/mol. The number of rotatable bonds is 1. The van der Waals surface area contributed by atoms with E-state index in [1.165, 1.54) is 0 Å². The molecule has 4 nitrogen and oxygen atoms in total. The van der Waals surface area contributed by atoms with Gasteiger partial charge in [0.2, 0.25) is 0 Å². The lowest BCUT2D eigenvalue weighted by molar-refractivity contribution is 0.0729. The van der Waals surface area contributed by atoms with Crippen molar-refractivity contribution in [2.75, 3.05) is 26.2 Å². The Morgan fingerprint density at radius 3 is 2.57 bits per heavy atom. The number of carbonyl (C=O) groups is 1. The summed E-state index contributed by atoms with van der Waals surface area (Å²) in [5, 5.41) is 4.48. The lowest BCUT2D eigenvalue weighted by Crippen LogP contribution is -2.32. The van der Waals surface area contributed by atoms with E-state index in [-0.39, 0.29) is 18.3 Å². The highest BCUT2D eigenvalue weighted by Gasteiger charge is 2.32. The number of amides is 1. The first-order valence-electron chi connectivity index (χ1n) is 8.21. The van der Waals surface area contributed by atoms with E-state index in [0.717, 1.165) is 67.4 Å². The highest BCUT2D eigenvalue weighted by molar-refractivity contribution is 5.96. The van der Waals surface area contributed by atoms with E-state index in [0.29, 0.717) is 5.76 Å². The zero-order valence-corrected chi connectivity index (χ0v) is 14.2. The molecule has 124 valence electrons. The summed E-state index contributed by atoms with van der Waals surface area (Å²) in [6, 6.07) is 7.90. The molecule has 0 aliphatic carbocycles. The maximum Gasteiger partial charge on any atom is 0.289 e. The van der Waals surface area contributed by atoms with E-state index < -0.39 is 0 Å². The first-order chi connectivity index (χ1) is 10.7. The molecule has 2 aromatic rings. The van der Waals surface area contributed by atoms with Gasteiger partial charge >= 0.3 is 0 Å². The molecule has 1 aromatic carbocycles. The lowest BCUT2D eigenvalue weighted by Gasteiger charge is -2.19. The van der Waals surface area contributed by atoms with Crippen LogP contribution >= 0.6 is 12.4 Å². The van der Waals surface area contributed by atoms with Gasteiger partial charge in [-0.2, -0.15) is 0 Å². The number of hydrogen-bond donors (Lipinski definition) is 1. The molecule has 0 unspecified atom stereocenters. The molecule has 5 heteroatoms. The highest BCUT2D eigenvalue weighted by Crippen LogP contribution is 2.29. The normalized spacial score (nSPS) is 24.1. The topological polar surface area (TPSA) is 45.5 Å². The van der Waals surface area contributed by atoms with E-state index in [1.54, 1.807) is 0 Å². The van der Waals surface area contributed by atoms with Gasteiger partial charge in [-0.1, -0.05) is 18.2 Å². The van der Waals surface area contributed by atoms with Crippen LogP contribution in [0, 0.1) is 18.8 Å². The van der Waals surface area contributed by atoms with Crippen molar-refractivity contribution < 1.29 is 9.21 Å². The predicted octanol–water partition coefficient (Wildman–Crippen LogP) is 3.23. The van der Waals surface area contributed by atoms with Gasteiger partial charge in [0.25, 0.3) is 5.91 Å². The third kappa shape index (κ3) is 2.98. The largest absolute Gasteiger partial charge is 0.451 e. The van der Waals surface area contributed by atoms with Crippen LogP contribution in [0.3, 0.4) is 0 Å². The minimum Gasteiger partial charge on any atom is -0.451 e. The number of aryl methyl sites for hydroxylation is 1. The van der Waals surface area contributed by atoms with Crippen LogP contribution in [0.2, 0.25) is 0 Å². The fourth-order valence-corrected chi connectivity index (χ4v) is 3.89. The fraction of sp³-hybridized carbons (Fsp3) is 0.500. The van der Waals surface area contributed by atoms with Crippen molar-refractivity contribution in [1.82, 2.24) is 10.2 Å². The standard InChI is InChI=1S/C18H22N2O2.ClH/c1-12-3-2-4-13-9-16(22-17(12)13)18(21)20-7-5-14-10-19-11-15(14)6-8-20;/h2-4,9,14-15,19H,5-8,10-11H2,1H3;1H/t14-,15+;. The third-order valence-electron chi connectivity index (χ3n) is 5.26. The van der Waals surface area contributed by atoms with Crippen molar-refractivity contribution >= 4 is 29.3 Å². The van der Waals surface area contributed by atoms with Crippen molar-refractivity contribution in [3.05, 3.63) is 35.6 Å². The fourth-order valence-electron chi connectivity index (χ4n) is 3.89. The number of hydrogen-bond acceptors (Lipinski definition) is 3. The molecule has 2 aliphatic heterocycles. The highest BCUT2D eigenvalue weighted by atomic mass is 35.5. The maximum atomic E-state index is 12.8. The van der Waals surface area contributed by atoms with E-state index in [1.807, 2.05) is 36.1 Å². The van der Waals surface area contributed by atoms with Gasteiger partial charge in [-0.25, -0.2) is 0 Å². The molecule has 1 N–H and O–H groups in total. The number of likely N-dealkylation sites (tertiary alicyclic amines) is 1. The Morgan fingerprint density at radius 2 is 1.91 bits per heavy atom. The smallest absolute Gasteiger partial charge is 0.289 e. The van der Waals surface area contributed by atoms with Crippen LogP contribution < -0.4 is 5.32 Å². The van der Waals surface area contributed by atoms with E-state index in [4.69, 9.17) is 4.42 Å². The number of nitrogens with zero attached hydrogens (tertiary/aromatic N) is 1. The molecule has 0 saturated carbocycles. The third-order valence-corrected chi connectivity index (χ3v) is 5.26. The number of fused-ring (bicyclic) bond motifs is 2. The molecule has 2 saturated heterocycles. The van der Waals surface area contributed by atoms with Crippen LogP contribution in [-0.2, 0) is 0 Å². The Hall–Kier alpha value is -1.52. The van der Waals surface area contributed by atoms with Crippen molar-refractivity contribution in [3.63, 3.8) is 0 Å². The first kappa shape index (κ1) is 16.3. The summed E-state index contributed by atoms with van der Waals surface area (Å²) in [7, 11) is 0. The average molecular weight is 335 g/mol. The second-order valence-corrected chi connectivity index (χ2v) is 6.65. The molecule has 2 fully saturated rings.